The SMILES string of the molecule is C[C@H]1C2(C[C@@H]3Cc4ccccc4[C@@]31C)OCCO2. The van der Waals surface area contributed by atoms with Gasteiger partial charge in [-0.2, -0.15) is 0 Å². The molecule has 4 rings (SSSR count). The van der Waals surface area contributed by atoms with E-state index in [1.165, 1.54) is 17.5 Å². The van der Waals surface area contributed by atoms with Gasteiger partial charge in [0.1, 0.15) is 0 Å². The topological polar surface area (TPSA) is 18.5 Å². The molecular formula is C16H20O2. The maximum absolute atomic E-state index is 6.01. The van der Waals surface area contributed by atoms with E-state index in [1.807, 2.05) is 0 Å². The van der Waals surface area contributed by atoms with Crippen LogP contribution >= 0.6 is 0 Å². The van der Waals surface area contributed by atoms with Crippen LogP contribution in [-0.4, -0.2) is 19.0 Å². The summed E-state index contributed by atoms with van der Waals surface area (Å²) in [4.78, 5) is 0. The van der Waals surface area contributed by atoms with Gasteiger partial charge < -0.3 is 9.47 Å². The van der Waals surface area contributed by atoms with Gasteiger partial charge in [0.25, 0.3) is 0 Å². The normalized spacial score (nSPS) is 40.1. The molecule has 1 saturated heterocycles. The van der Waals surface area contributed by atoms with E-state index in [1.54, 1.807) is 0 Å². The monoisotopic (exact) mass is 244 g/mol. The van der Waals surface area contributed by atoms with Gasteiger partial charge in [-0.25, -0.2) is 0 Å². The molecule has 0 N–H and O–H groups in total. The highest BCUT2D eigenvalue weighted by Crippen LogP contribution is 2.61. The lowest BCUT2D eigenvalue weighted by atomic mass is 9.72. The Morgan fingerprint density at radius 3 is 2.67 bits per heavy atom. The predicted octanol–water partition coefficient (Wildman–Crippen LogP) is 2.90. The largest absolute Gasteiger partial charge is 0.347 e. The molecule has 0 aromatic heterocycles. The Bertz CT molecular complexity index is 490. The molecule has 0 bridgehead atoms. The van der Waals surface area contributed by atoms with E-state index in [0.29, 0.717) is 11.8 Å². The molecule has 1 aromatic rings. The van der Waals surface area contributed by atoms with Crippen LogP contribution in [0, 0.1) is 11.8 Å². The van der Waals surface area contributed by atoms with Crippen LogP contribution in [0.3, 0.4) is 0 Å². The van der Waals surface area contributed by atoms with Gasteiger partial charge in [-0.3, -0.25) is 0 Å². The van der Waals surface area contributed by atoms with E-state index in [4.69, 9.17) is 9.47 Å². The van der Waals surface area contributed by atoms with Crippen molar-refractivity contribution in [2.45, 2.75) is 37.9 Å². The second kappa shape index (κ2) is 3.37. The van der Waals surface area contributed by atoms with Crippen molar-refractivity contribution in [1.29, 1.82) is 0 Å². The number of fused-ring (bicyclic) bond motifs is 3. The quantitative estimate of drug-likeness (QED) is 0.698. The first-order chi connectivity index (χ1) is 8.67. The van der Waals surface area contributed by atoms with Gasteiger partial charge in [0, 0.05) is 17.8 Å². The zero-order chi connectivity index (χ0) is 12.4. The Morgan fingerprint density at radius 1 is 1.17 bits per heavy atom. The van der Waals surface area contributed by atoms with Crippen LogP contribution in [0.5, 0.6) is 0 Å². The summed E-state index contributed by atoms with van der Waals surface area (Å²) in [5, 5.41) is 0. The fourth-order valence-electron chi connectivity index (χ4n) is 4.61. The maximum Gasteiger partial charge on any atom is 0.172 e. The van der Waals surface area contributed by atoms with Crippen LogP contribution in [0.25, 0.3) is 0 Å². The molecule has 2 nitrogen and oxygen atoms in total. The highest BCUT2D eigenvalue weighted by molar-refractivity contribution is 5.43. The first-order valence-corrected chi connectivity index (χ1v) is 7.03. The first kappa shape index (κ1) is 11.0. The summed E-state index contributed by atoms with van der Waals surface area (Å²) >= 11 is 0. The Morgan fingerprint density at radius 2 is 1.89 bits per heavy atom. The Balaban J connectivity index is 1.83. The summed E-state index contributed by atoms with van der Waals surface area (Å²) in [7, 11) is 0. The molecule has 0 amide bonds. The molecule has 1 saturated carbocycles. The molecule has 0 unspecified atom stereocenters. The number of hydrogen-bond donors (Lipinski definition) is 0. The van der Waals surface area contributed by atoms with Crippen molar-refractivity contribution in [1.82, 2.24) is 0 Å². The van der Waals surface area contributed by atoms with Crippen LogP contribution in [0.2, 0.25) is 0 Å². The van der Waals surface area contributed by atoms with Gasteiger partial charge in [-0.1, -0.05) is 38.1 Å². The number of benzene rings is 1. The number of ether oxygens (including phenoxy) is 2. The lowest BCUT2D eigenvalue weighted by molar-refractivity contribution is -0.184. The highest BCUT2D eigenvalue weighted by Gasteiger charge is 2.63. The van der Waals surface area contributed by atoms with Gasteiger partial charge in [-0.15, -0.1) is 0 Å². The van der Waals surface area contributed by atoms with Crippen molar-refractivity contribution in [2.75, 3.05) is 13.2 Å². The fourth-order valence-corrected chi connectivity index (χ4v) is 4.61. The minimum Gasteiger partial charge on any atom is -0.347 e. The van der Waals surface area contributed by atoms with Crippen molar-refractivity contribution < 1.29 is 9.47 Å². The molecule has 18 heavy (non-hydrogen) atoms. The Hall–Kier alpha value is -0.860. The summed E-state index contributed by atoms with van der Waals surface area (Å²) < 4.78 is 12.0. The maximum atomic E-state index is 6.01. The summed E-state index contributed by atoms with van der Waals surface area (Å²) in [6.07, 6.45) is 2.24. The van der Waals surface area contributed by atoms with Crippen LogP contribution in [0.1, 0.15) is 31.4 Å². The molecular weight excluding hydrogens is 224 g/mol. The lowest BCUT2D eigenvalue weighted by Gasteiger charge is -2.35. The molecule has 1 spiro atoms. The van der Waals surface area contributed by atoms with Crippen molar-refractivity contribution in [3.05, 3.63) is 35.4 Å². The third-order valence-electron chi connectivity index (χ3n) is 5.78. The van der Waals surface area contributed by atoms with E-state index in [2.05, 4.69) is 38.1 Å². The van der Waals surface area contributed by atoms with Crippen molar-refractivity contribution in [2.24, 2.45) is 11.8 Å². The summed E-state index contributed by atoms with van der Waals surface area (Å²) in [5.74, 6) is 0.802. The third-order valence-corrected chi connectivity index (χ3v) is 5.78. The Labute approximate surface area is 108 Å². The van der Waals surface area contributed by atoms with Crippen LogP contribution in [-0.2, 0) is 21.3 Å². The van der Waals surface area contributed by atoms with Crippen LogP contribution in [0.15, 0.2) is 24.3 Å². The second-order valence-electron chi connectivity index (χ2n) is 6.28. The van der Waals surface area contributed by atoms with E-state index < -0.39 is 0 Å². The molecule has 1 heterocycles. The minimum absolute atomic E-state index is 0.223. The van der Waals surface area contributed by atoms with Crippen molar-refractivity contribution >= 4 is 0 Å². The van der Waals surface area contributed by atoms with E-state index >= 15 is 0 Å². The van der Waals surface area contributed by atoms with Crippen molar-refractivity contribution in [3.8, 4) is 0 Å². The molecule has 3 aliphatic rings. The average Bonchev–Trinajstić information content (AvgIpc) is 3.00. The number of hydrogen-bond acceptors (Lipinski definition) is 2. The molecule has 0 radical (unpaired) electrons. The lowest BCUT2D eigenvalue weighted by Crippen LogP contribution is -2.40. The summed E-state index contributed by atoms with van der Waals surface area (Å²) in [6, 6.07) is 8.92. The fraction of sp³-hybridized carbons (Fsp3) is 0.625. The zero-order valence-corrected chi connectivity index (χ0v) is 11.1. The number of rotatable bonds is 0. The molecule has 3 atom stereocenters. The summed E-state index contributed by atoms with van der Waals surface area (Å²) in [5.41, 5.74) is 3.28. The van der Waals surface area contributed by atoms with Gasteiger partial charge in [0.2, 0.25) is 0 Å². The molecule has 1 aliphatic heterocycles. The van der Waals surface area contributed by atoms with E-state index in [0.717, 1.165) is 19.6 Å². The molecule has 2 aliphatic carbocycles. The second-order valence-corrected chi connectivity index (χ2v) is 6.28. The Kier molecular flexibility index (Phi) is 2.06. The van der Waals surface area contributed by atoms with Gasteiger partial charge >= 0.3 is 0 Å². The highest BCUT2D eigenvalue weighted by atomic mass is 16.7. The van der Waals surface area contributed by atoms with E-state index in [9.17, 15) is 0 Å². The smallest absolute Gasteiger partial charge is 0.172 e. The zero-order valence-electron chi connectivity index (χ0n) is 11.1. The minimum atomic E-state index is -0.299. The van der Waals surface area contributed by atoms with Gasteiger partial charge in [-0.05, 0) is 23.5 Å². The average molecular weight is 244 g/mol. The molecule has 2 heteroatoms. The first-order valence-electron chi connectivity index (χ1n) is 7.03. The molecule has 96 valence electrons. The van der Waals surface area contributed by atoms with E-state index in [-0.39, 0.29) is 11.2 Å². The summed E-state index contributed by atoms with van der Waals surface area (Å²) in [6.45, 7) is 6.24. The van der Waals surface area contributed by atoms with Crippen LogP contribution in [0.4, 0.5) is 0 Å². The van der Waals surface area contributed by atoms with Gasteiger partial charge in [0.15, 0.2) is 5.79 Å². The molecule has 2 fully saturated rings. The van der Waals surface area contributed by atoms with Crippen molar-refractivity contribution in [3.63, 3.8) is 0 Å². The third kappa shape index (κ3) is 1.11. The predicted molar refractivity (Wildman–Crippen MR) is 69.4 cm³/mol. The van der Waals surface area contributed by atoms with Crippen LogP contribution < -0.4 is 0 Å². The molecule has 1 aromatic carbocycles. The van der Waals surface area contributed by atoms with Gasteiger partial charge in [0.05, 0.1) is 13.2 Å². The standard InChI is InChI=1S/C16H20O2/c1-11-15(2)13(10-16(11)17-7-8-18-16)9-12-5-3-4-6-14(12)15/h3-6,11,13H,7-10H2,1-2H3/t11-,13+,15-/m1/s1.